The smallest absolute Gasteiger partial charge is 0.104 e. The van der Waals surface area contributed by atoms with Crippen LogP contribution in [0.2, 0.25) is 0 Å². The van der Waals surface area contributed by atoms with Gasteiger partial charge in [0.15, 0.2) is 0 Å². The van der Waals surface area contributed by atoms with Gasteiger partial charge in [-0.1, -0.05) is 43.9 Å². The molecule has 0 aliphatic rings. The summed E-state index contributed by atoms with van der Waals surface area (Å²) in [5, 5.41) is 9.38. The van der Waals surface area contributed by atoms with E-state index in [0.717, 1.165) is 11.3 Å². The first-order valence-corrected chi connectivity index (χ1v) is 6.62. The average Bonchev–Trinajstić information content (AvgIpc) is 2.34. The molecule has 1 atom stereocenters. The molecule has 0 saturated heterocycles. The van der Waals surface area contributed by atoms with Gasteiger partial charge in [0.05, 0.1) is 0 Å². The predicted octanol–water partition coefficient (Wildman–Crippen LogP) is 3.06. The molecule has 1 aromatic carbocycles. The van der Waals surface area contributed by atoms with Gasteiger partial charge in [0, 0.05) is 16.6 Å². The molecule has 1 aromatic rings. The van der Waals surface area contributed by atoms with Crippen molar-refractivity contribution in [2.45, 2.75) is 31.3 Å². The lowest BCUT2D eigenvalue weighted by molar-refractivity contribution is 0.350. The number of thioether (sulfide) groups is 1. The molecule has 0 heterocycles. The topological polar surface area (TPSA) is 20.2 Å². The molecule has 0 aromatic heterocycles. The first-order chi connectivity index (χ1) is 7.77. The molecule has 0 aliphatic heterocycles. The van der Waals surface area contributed by atoms with Crippen LogP contribution in [0.5, 0.6) is 0 Å². The third kappa shape index (κ3) is 4.30. The van der Waals surface area contributed by atoms with E-state index in [2.05, 4.69) is 31.8 Å². The van der Waals surface area contributed by atoms with Gasteiger partial charge >= 0.3 is 0 Å². The van der Waals surface area contributed by atoms with E-state index in [1.54, 1.807) is 0 Å². The van der Waals surface area contributed by atoms with Crippen molar-refractivity contribution in [3.63, 3.8) is 0 Å². The minimum Gasteiger partial charge on any atom is -0.384 e. The lowest BCUT2D eigenvalue weighted by Crippen LogP contribution is -1.95. The average molecular weight is 234 g/mol. The SMILES string of the molecule is CCC(C)SCc1ccccc1C#CCO. The number of benzene rings is 1. The fourth-order valence-electron chi connectivity index (χ4n) is 1.25. The summed E-state index contributed by atoms with van der Waals surface area (Å²) in [5.74, 6) is 6.69. The van der Waals surface area contributed by atoms with Gasteiger partial charge in [-0.05, 0) is 18.1 Å². The van der Waals surface area contributed by atoms with E-state index in [-0.39, 0.29) is 6.61 Å². The molecule has 0 radical (unpaired) electrons. The highest BCUT2D eigenvalue weighted by Gasteiger charge is 2.03. The van der Waals surface area contributed by atoms with Crippen LogP contribution in [0.4, 0.5) is 0 Å². The number of hydrogen-bond acceptors (Lipinski definition) is 2. The molecule has 2 heteroatoms. The Hall–Kier alpha value is -0.910. The highest BCUT2D eigenvalue weighted by atomic mass is 32.2. The van der Waals surface area contributed by atoms with Crippen molar-refractivity contribution in [1.29, 1.82) is 0 Å². The third-order valence-electron chi connectivity index (χ3n) is 2.42. The summed E-state index contributed by atoms with van der Waals surface area (Å²) in [4.78, 5) is 0. The summed E-state index contributed by atoms with van der Waals surface area (Å²) in [6, 6.07) is 8.14. The second-order valence-electron chi connectivity index (χ2n) is 3.65. The van der Waals surface area contributed by atoms with Crippen LogP contribution in [-0.2, 0) is 5.75 Å². The van der Waals surface area contributed by atoms with Crippen LogP contribution in [-0.4, -0.2) is 17.0 Å². The van der Waals surface area contributed by atoms with Gasteiger partial charge in [0.25, 0.3) is 0 Å². The zero-order valence-electron chi connectivity index (χ0n) is 9.86. The van der Waals surface area contributed by atoms with Crippen LogP contribution in [0.15, 0.2) is 24.3 Å². The lowest BCUT2D eigenvalue weighted by Gasteiger charge is -2.09. The van der Waals surface area contributed by atoms with Crippen molar-refractivity contribution in [3.8, 4) is 11.8 Å². The Kier molecular flexibility index (Phi) is 6.07. The summed E-state index contributed by atoms with van der Waals surface area (Å²) in [6.07, 6.45) is 1.19. The quantitative estimate of drug-likeness (QED) is 0.808. The Morgan fingerprint density at radius 2 is 2.12 bits per heavy atom. The molecule has 0 spiro atoms. The summed E-state index contributed by atoms with van der Waals surface area (Å²) in [7, 11) is 0. The fraction of sp³-hybridized carbons (Fsp3) is 0.429. The Morgan fingerprint density at radius 1 is 1.38 bits per heavy atom. The van der Waals surface area contributed by atoms with Crippen LogP contribution < -0.4 is 0 Å². The molecule has 1 rings (SSSR count). The number of aliphatic hydroxyl groups excluding tert-OH is 1. The molecule has 1 unspecified atom stereocenters. The van der Waals surface area contributed by atoms with Gasteiger partial charge in [-0.3, -0.25) is 0 Å². The first kappa shape index (κ1) is 13.2. The van der Waals surface area contributed by atoms with Crippen molar-refractivity contribution in [2.24, 2.45) is 0 Å². The Morgan fingerprint density at radius 3 is 2.81 bits per heavy atom. The second kappa shape index (κ2) is 7.38. The van der Waals surface area contributed by atoms with Crippen molar-refractivity contribution in [2.75, 3.05) is 6.61 Å². The Balaban J connectivity index is 2.71. The number of hydrogen-bond donors (Lipinski definition) is 1. The predicted molar refractivity (Wildman–Crippen MR) is 71.5 cm³/mol. The van der Waals surface area contributed by atoms with Crippen molar-refractivity contribution >= 4 is 11.8 Å². The zero-order valence-corrected chi connectivity index (χ0v) is 10.7. The van der Waals surface area contributed by atoms with E-state index in [1.165, 1.54) is 12.0 Å². The maximum absolute atomic E-state index is 8.70. The van der Waals surface area contributed by atoms with E-state index >= 15 is 0 Å². The standard InChI is InChI=1S/C14H18OS/c1-3-12(2)16-11-14-8-5-4-7-13(14)9-6-10-15/h4-5,7-8,12,15H,3,10-11H2,1-2H3. The van der Waals surface area contributed by atoms with Gasteiger partial charge in [0.2, 0.25) is 0 Å². The van der Waals surface area contributed by atoms with Gasteiger partial charge in [-0.25, -0.2) is 0 Å². The van der Waals surface area contributed by atoms with Crippen LogP contribution in [0.25, 0.3) is 0 Å². The maximum Gasteiger partial charge on any atom is 0.104 e. The Bertz CT molecular complexity index is 376. The zero-order chi connectivity index (χ0) is 11.8. The summed E-state index contributed by atoms with van der Waals surface area (Å²) in [6.45, 7) is 4.37. The first-order valence-electron chi connectivity index (χ1n) is 5.57. The molecule has 0 fully saturated rings. The normalized spacial score (nSPS) is 11.7. The van der Waals surface area contributed by atoms with Gasteiger partial charge < -0.3 is 5.11 Å². The van der Waals surface area contributed by atoms with Gasteiger partial charge in [-0.2, -0.15) is 11.8 Å². The minimum atomic E-state index is -0.0765. The molecule has 0 amide bonds. The molecule has 0 aliphatic carbocycles. The van der Waals surface area contributed by atoms with Crippen LogP contribution in [0, 0.1) is 11.8 Å². The summed E-state index contributed by atoms with van der Waals surface area (Å²) in [5.41, 5.74) is 2.29. The molecule has 86 valence electrons. The monoisotopic (exact) mass is 234 g/mol. The van der Waals surface area contributed by atoms with Crippen molar-refractivity contribution < 1.29 is 5.11 Å². The van der Waals surface area contributed by atoms with Crippen LogP contribution >= 0.6 is 11.8 Å². The summed E-state index contributed by atoms with van der Waals surface area (Å²) < 4.78 is 0. The lowest BCUT2D eigenvalue weighted by atomic mass is 10.1. The van der Waals surface area contributed by atoms with Crippen LogP contribution in [0.1, 0.15) is 31.4 Å². The molecular formula is C14H18OS. The molecular weight excluding hydrogens is 216 g/mol. The van der Waals surface area contributed by atoms with Crippen molar-refractivity contribution in [3.05, 3.63) is 35.4 Å². The van der Waals surface area contributed by atoms with Crippen molar-refractivity contribution in [1.82, 2.24) is 0 Å². The van der Waals surface area contributed by atoms with E-state index in [9.17, 15) is 0 Å². The maximum atomic E-state index is 8.70. The molecule has 1 N–H and O–H groups in total. The van der Waals surface area contributed by atoms with Gasteiger partial charge in [-0.15, -0.1) is 0 Å². The largest absolute Gasteiger partial charge is 0.384 e. The van der Waals surface area contributed by atoms with Gasteiger partial charge in [0.1, 0.15) is 6.61 Å². The molecule has 0 saturated carbocycles. The molecule has 0 bridgehead atoms. The van der Waals surface area contributed by atoms with E-state index in [4.69, 9.17) is 5.11 Å². The molecule has 1 nitrogen and oxygen atoms in total. The molecule has 16 heavy (non-hydrogen) atoms. The highest BCUT2D eigenvalue weighted by Crippen LogP contribution is 2.21. The fourth-order valence-corrected chi connectivity index (χ4v) is 2.20. The number of aliphatic hydroxyl groups is 1. The highest BCUT2D eigenvalue weighted by molar-refractivity contribution is 7.99. The second-order valence-corrected chi connectivity index (χ2v) is 5.07. The summed E-state index contributed by atoms with van der Waals surface area (Å²) >= 11 is 1.95. The Labute approximate surface area is 102 Å². The van der Waals surface area contributed by atoms with E-state index in [1.807, 2.05) is 30.0 Å². The van der Waals surface area contributed by atoms with E-state index < -0.39 is 0 Å². The minimum absolute atomic E-state index is 0.0765. The third-order valence-corrected chi connectivity index (χ3v) is 3.80. The van der Waals surface area contributed by atoms with E-state index in [0.29, 0.717) is 5.25 Å². The van der Waals surface area contributed by atoms with Crippen LogP contribution in [0.3, 0.4) is 0 Å². The number of rotatable bonds is 4.